The van der Waals surface area contributed by atoms with Gasteiger partial charge in [0, 0.05) is 40.9 Å². The monoisotopic (exact) mass is 394 g/mol. The molecule has 2 unspecified atom stereocenters. The fourth-order valence-electron chi connectivity index (χ4n) is 4.99. The average molecular weight is 395 g/mol. The van der Waals surface area contributed by atoms with Crippen LogP contribution in [0, 0.1) is 23.2 Å². The summed E-state index contributed by atoms with van der Waals surface area (Å²) in [7, 11) is 0. The van der Waals surface area contributed by atoms with Gasteiger partial charge in [0.1, 0.15) is 0 Å². The summed E-state index contributed by atoms with van der Waals surface area (Å²) < 4.78 is 0. The van der Waals surface area contributed by atoms with Crippen LogP contribution in [0.25, 0.3) is 0 Å². The van der Waals surface area contributed by atoms with Gasteiger partial charge in [0.25, 0.3) is 0 Å². The van der Waals surface area contributed by atoms with Gasteiger partial charge in [-0.15, -0.1) is 0 Å². The molecular formula is C24H27ClN2O. The highest BCUT2D eigenvalue weighted by atomic mass is 35.5. The number of rotatable bonds is 4. The number of amides is 1. The summed E-state index contributed by atoms with van der Waals surface area (Å²) >= 11 is 5.90. The molecule has 28 heavy (non-hydrogen) atoms. The topological polar surface area (TPSA) is 41.5 Å². The molecule has 1 heterocycles. The molecule has 2 aliphatic carbocycles. The fourth-order valence-corrected chi connectivity index (χ4v) is 5.12. The van der Waals surface area contributed by atoms with Crippen molar-refractivity contribution >= 4 is 29.4 Å². The Bertz CT molecular complexity index is 844. The van der Waals surface area contributed by atoms with Gasteiger partial charge in [0.05, 0.1) is 0 Å². The summed E-state index contributed by atoms with van der Waals surface area (Å²) in [5, 5.41) is 3.67. The summed E-state index contributed by atoms with van der Waals surface area (Å²) in [4.78, 5) is 16.8. The molecule has 1 aliphatic heterocycles. The van der Waals surface area contributed by atoms with E-state index in [4.69, 9.17) is 11.6 Å². The molecule has 0 spiro atoms. The lowest BCUT2D eigenvalue weighted by Gasteiger charge is -2.45. The van der Waals surface area contributed by atoms with E-state index in [1.165, 1.54) is 18.4 Å². The number of hydrogen-bond acceptors (Lipinski definition) is 2. The van der Waals surface area contributed by atoms with Crippen molar-refractivity contribution in [1.29, 1.82) is 0 Å². The third kappa shape index (κ3) is 4.00. The molecule has 3 nitrogen and oxygen atoms in total. The number of anilines is 1. The molecule has 1 N–H and O–H groups in total. The lowest BCUT2D eigenvalue weighted by Crippen LogP contribution is -2.39. The van der Waals surface area contributed by atoms with Gasteiger partial charge in [-0.3, -0.25) is 9.79 Å². The number of aliphatic imine (C=N–C) groups is 1. The Morgan fingerprint density at radius 2 is 1.96 bits per heavy atom. The number of fused-ring (bicyclic) bond motifs is 1. The van der Waals surface area contributed by atoms with E-state index in [1.807, 2.05) is 18.3 Å². The number of carbonyl (C=O) groups is 1. The minimum absolute atomic E-state index is 0.101. The first kappa shape index (κ1) is 19.2. The second kappa shape index (κ2) is 8.08. The Balaban J connectivity index is 1.32. The van der Waals surface area contributed by atoms with Crippen LogP contribution in [0.5, 0.6) is 0 Å². The lowest BCUT2D eigenvalue weighted by atomic mass is 9.59. The average Bonchev–Trinajstić information content (AvgIpc) is 2.71. The molecule has 1 amide bonds. The fraction of sp³-hybridized carbons (Fsp3) is 0.417. The van der Waals surface area contributed by atoms with Crippen LogP contribution in [0.1, 0.15) is 39.0 Å². The Hall–Kier alpha value is -2.13. The van der Waals surface area contributed by atoms with Crippen LogP contribution in [0.4, 0.5) is 5.69 Å². The molecule has 4 heteroatoms. The quantitative estimate of drug-likeness (QED) is 0.649. The molecule has 1 aromatic carbocycles. The normalized spacial score (nSPS) is 31.2. The Morgan fingerprint density at radius 1 is 1.21 bits per heavy atom. The summed E-state index contributed by atoms with van der Waals surface area (Å²) in [6.07, 6.45) is 18.1. The zero-order valence-corrected chi connectivity index (χ0v) is 17.0. The van der Waals surface area contributed by atoms with Gasteiger partial charge in [-0.1, -0.05) is 36.8 Å². The van der Waals surface area contributed by atoms with Gasteiger partial charge in [0.15, 0.2) is 0 Å². The summed E-state index contributed by atoms with van der Waals surface area (Å²) in [5.41, 5.74) is 2.30. The maximum Gasteiger partial charge on any atom is 0.224 e. The van der Waals surface area contributed by atoms with Gasteiger partial charge in [-0.2, -0.15) is 0 Å². The third-order valence-corrected chi connectivity index (χ3v) is 6.94. The minimum Gasteiger partial charge on any atom is -0.326 e. The first-order valence-corrected chi connectivity index (χ1v) is 10.6. The van der Waals surface area contributed by atoms with Crippen LogP contribution in [0.2, 0.25) is 5.02 Å². The van der Waals surface area contributed by atoms with Gasteiger partial charge in [0.2, 0.25) is 5.91 Å². The molecule has 3 aliphatic rings. The standard InChI is InChI=1S/C24H27ClN2O/c1-24(13-2-3-18-12-14-26-16-22(18)24)19-6-4-17(5-7-19)15-23(28)27-21-10-8-20(25)9-11-21/h2-3,8-14,16-17,19,22H,4-7,15H2,1H3,(H,27,28). The Labute approximate surface area is 172 Å². The van der Waals surface area contributed by atoms with Crippen molar-refractivity contribution in [3.05, 3.63) is 65.4 Å². The third-order valence-electron chi connectivity index (χ3n) is 6.69. The second-order valence-electron chi connectivity index (χ2n) is 8.46. The molecule has 1 aromatic rings. The summed E-state index contributed by atoms with van der Waals surface area (Å²) in [6, 6.07) is 7.29. The second-order valence-corrected chi connectivity index (χ2v) is 8.90. The number of allylic oxidation sites excluding steroid dienone is 5. The largest absolute Gasteiger partial charge is 0.326 e. The van der Waals surface area contributed by atoms with E-state index in [1.54, 1.807) is 12.1 Å². The molecule has 0 aromatic heterocycles. The zero-order chi connectivity index (χ0) is 19.6. The highest BCUT2D eigenvalue weighted by molar-refractivity contribution is 6.30. The Morgan fingerprint density at radius 3 is 2.71 bits per heavy atom. The van der Waals surface area contributed by atoms with E-state index in [2.05, 4.69) is 47.8 Å². The van der Waals surface area contributed by atoms with E-state index in [0.717, 1.165) is 18.5 Å². The maximum atomic E-state index is 12.4. The van der Waals surface area contributed by atoms with E-state index >= 15 is 0 Å². The summed E-state index contributed by atoms with van der Waals surface area (Å²) in [5.74, 6) is 1.57. The predicted octanol–water partition coefficient (Wildman–Crippen LogP) is 6.19. The van der Waals surface area contributed by atoms with Crippen molar-refractivity contribution in [3.8, 4) is 0 Å². The van der Waals surface area contributed by atoms with Crippen LogP contribution in [0.3, 0.4) is 0 Å². The van der Waals surface area contributed by atoms with Crippen LogP contribution in [-0.4, -0.2) is 12.1 Å². The van der Waals surface area contributed by atoms with Gasteiger partial charge < -0.3 is 5.32 Å². The van der Waals surface area contributed by atoms with Crippen LogP contribution in [-0.2, 0) is 4.79 Å². The van der Waals surface area contributed by atoms with Gasteiger partial charge in [-0.05, 0) is 73.4 Å². The van der Waals surface area contributed by atoms with Crippen LogP contribution in [0.15, 0.2) is 65.3 Å². The van der Waals surface area contributed by atoms with E-state index in [0.29, 0.717) is 29.2 Å². The first-order chi connectivity index (χ1) is 13.5. The van der Waals surface area contributed by atoms with Gasteiger partial charge in [-0.25, -0.2) is 0 Å². The number of nitrogens with zero attached hydrogens (tertiary/aromatic N) is 1. The maximum absolute atomic E-state index is 12.4. The van der Waals surface area contributed by atoms with Crippen molar-refractivity contribution in [3.63, 3.8) is 0 Å². The molecule has 0 radical (unpaired) electrons. The number of benzene rings is 1. The smallest absolute Gasteiger partial charge is 0.224 e. The van der Waals surface area contributed by atoms with E-state index < -0.39 is 0 Å². The number of nitrogens with one attached hydrogen (secondary N) is 1. The lowest BCUT2D eigenvalue weighted by molar-refractivity contribution is -0.117. The molecule has 0 bridgehead atoms. The first-order valence-electron chi connectivity index (χ1n) is 10.2. The molecule has 146 valence electrons. The zero-order valence-electron chi connectivity index (χ0n) is 16.3. The number of halogens is 1. The number of hydrogen-bond donors (Lipinski definition) is 1. The highest BCUT2D eigenvalue weighted by Gasteiger charge is 2.42. The van der Waals surface area contributed by atoms with Crippen molar-refractivity contribution in [1.82, 2.24) is 0 Å². The van der Waals surface area contributed by atoms with E-state index in [-0.39, 0.29) is 11.3 Å². The molecular weight excluding hydrogens is 368 g/mol. The minimum atomic E-state index is 0.101. The SMILES string of the molecule is CC1(C2CCC(CC(=O)Nc3ccc(Cl)cc3)CC2)C=CC=C2C=CN=CC21. The van der Waals surface area contributed by atoms with Crippen LogP contribution < -0.4 is 5.32 Å². The molecule has 0 saturated heterocycles. The van der Waals surface area contributed by atoms with Crippen LogP contribution >= 0.6 is 11.6 Å². The number of carbonyl (C=O) groups excluding carboxylic acids is 1. The molecule has 2 atom stereocenters. The predicted molar refractivity (Wildman–Crippen MR) is 117 cm³/mol. The highest BCUT2D eigenvalue weighted by Crippen LogP contribution is 2.50. The van der Waals surface area contributed by atoms with Gasteiger partial charge >= 0.3 is 0 Å². The van der Waals surface area contributed by atoms with Crippen molar-refractivity contribution in [2.24, 2.45) is 28.2 Å². The molecule has 1 saturated carbocycles. The van der Waals surface area contributed by atoms with Crippen molar-refractivity contribution < 1.29 is 4.79 Å². The molecule has 4 rings (SSSR count). The Kier molecular flexibility index (Phi) is 5.54. The van der Waals surface area contributed by atoms with Crippen molar-refractivity contribution in [2.75, 3.05) is 5.32 Å². The summed E-state index contributed by atoms with van der Waals surface area (Å²) in [6.45, 7) is 2.38. The van der Waals surface area contributed by atoms with E-state index in [9.17, 15) is 4.79 Å². The van der Waals surface area contributed by atoms with Crippen molar-refractivity contribution in [2.45, 2.75) is 39.0 Å². The molecule has 1 fully saturated rings.